The van der Waals surface area contributed by atoms with E-state index in [4.69, 9.17) is 10.1 Å². The molecule has 9 aromatic carbocycles. The molecule has 67 heavy (non-hydrogen) atoms. The smallest absolute Gasteiger partial charge is 0.101 e. The molecular formula is C64H43N3. The van der Waals surface area contributed by atoms with E-state index >= 15 is 0 Å². The van der Waals surface area contributed by atoms with Gasteiger partial charge in [0, 0.05) is 33.2 Å². The van der Waals surface area contributed by atoms with Crippen molar-refractivity contribution in [1.29, 1.82) is 0 Å². The number of aromatic nitrogens is 3. The second-order valence-electron chi connectivity index (χ2n) is 17.0. The van der Waals surface area contributed by atoms with E-state index in [-0.39, 0.29) is 0 Å². The summed E-state index contributed by atoms with van der Waals surface area (Å²) < 4.78 is 2.16. The molecule has 0 aliphatic rings. The highest BCUT2D eigenvalue weighted by atomic mass is 15.2. The van der Waals surface area contributed by atoms with Crippen molar-refractivity contribution in [1.82, 2.24) is 14.6 Å². The Morgan fingerprint density at radius 2 is 0.672 bits per heavy atom. The van der Waals surface area contributed by atoms with Crippen LogP contribution >= 0.6 is 0 Å². The molecule has 3 heterocycles. The van der Waals surface area contributed by atoms with Crippen molar-refractivity contribution in [3.05, 3.63) is 261 Å². The fourth-order valence-electron chi connectivity index (χ4n) is 9.47. The third-order valence-electron chi connectivity index (χ3n) is 12.8. The number of pyridine rings is 2. The minimum atomic E-state index is 0.925. The number of hydrogen-bond donors (Lipinski definition) is 0. The number of fused-ring (bicyclic) bond motifs is 3. The van der Waals surface area contributed by atoms with Gasteiger partial charge >= 0.3 is 0 Å². The van der Waals surface area contributed by atoms with E-state index in [2.05, 4.69) is 265 Å². The lowest BCUT2D eigenvalue weighted by molar-refractivity contribution is 0.979. The Morgan fingerprint density at radius 1 is 0.269 bits per heavy atom. The summed E-state index contributed by atoms with van der Waals surface area (Å²) in [5.74, 6) is 0. The number of rotatable bonds is 9. The molecule has 3 heteroatoms. The highest BCUT2D eigenvalue weighted by molar-refractivity contribution is 6.09. The van der Waals surface area contributed by atoms with Gasteiger partial charge in [-0.2, -0.15) is 5.10 Å². The molecule has 0 unspecified atom stereocenters. The Balaban J connectivity index is 1.02. The predicted octanol–water partition coefficient (Wildman–Crippen LogP) is 16.9. The van der Waals surface area contributed by atoms with E-state index in [1.165, 1.54) is 11.1 Å². The summed E-state index contributed by atoms with van der Waals surface area (Å²) in [4.78, 5) is 5.38. The first kappa shape index (κ1) is 39.7. The van der Waals surface area contributed by atoms with Crippen molar-refractivity contribution < 1.29 is 0 Å². The summed E-state index contributed by atoms with van der Waals surface area (Å²) in [6.07, 6.45) is 0. The maximum absolute atomic E-state index is 5.42. The van der Waals surface area contributed by atoms with Crippen molar-refractivity contribution >= 4 is 16.3 Å². The van der Waals surface area contributed by atoms with Gasteiger partial charge in [-0.15, -0.1) is 0 Å². The minimum Gasteiger partial charge on any atom is -0.248 e. The van der Waals surface area contributed by atoms with Crippen LogP contribution in [0.15, 0.2) is 261 Å². The van der Waals surface area contributed by atoms with Crippen LogP contribution in [-0.2, 0) is 0 Å². The summed E-state index contributed by atoms with van der Waals surface area (Å²) in [5, 5.41) is 7.72. The maximum atomic E-state index is 5.42. The molecule has 3 nitrogen and oxygen atoms in total. The SMILES string of the molecule is c1ccc(-c2cccc(-c3cc(-c4cccc(-c5ccc6c(c5)cc(-c5ccccc5)n5nc(-c7ccccc7)c(-c7ccccc7)c65)c4)cc(-c4cccc(-c5ccccc5)c4)n3)c2)cc1. The molecule has 0 aliphatic carbocycles. The first-order valence-corrected chi connectivity index (χ1v) is 22.8. The molecule has 12 rings (SSSR count). The molecule has 0 atom stereocenters. The van der Waals surface area contributed by atoms with Crippen molar-refractivity contribution in [3.63, 3.8) is 0 Å². The molecule has 0 spiro atoms. The van der Waals surface area contributed by atoms with Gasteiger partial charge in [-0.05, 0) is 97.9 Å². The normalized spacial score (nSPS) is 11.3. The van der Waals surface area contributed by atoms with Gasteiger partial charge in [-0.25, -0.2) is 9.50 Å². The average Bonchev–Trinajstić information content (AvgIpc) is 3.83. The minimum absolute atomic E-state index is 0.925. The molecule has 0 amide bonds. The zero-order valence-corrected chi connectivity index (χ0v) is 36.7. The van der Waals surface area contributed by atoms with Gasteiger partial charge < -0.3 is 0 Å². The summed E-state index contributed by atoms with van der Waals surface area (Å²) >= 11 is 0. The first-order valence-electron chi connectivity index (χ1n) is 22.8. The molecule has 3 aromatic heterocycles. The van der Waals surface area contributed by atoms with Crippen LogP contribution in [0.1, 0.15) is 0 Å². The molecule has 12 aromatic rings. The number of nitrogens with zero attached hydrogens (tertiary/aromatic N) is 3. The molecule has 0 saturated heterocycles. The zero-order valence-electron chi connectivity index (χ0n) is 36.7. The second-order valence-corrected chi connectivity index (χ2v) is 17.0. The van der Waals surface area contributed by atoms with Gasteiger partial charge in [0.15, 0.2) is 0 Å². The van der Waals surface area contributed by atoms with Gasteiger partial charge in [0.05, 0.1) is 22.6 Å². The first-order chi connectivity index (χ1) is 33.2. The number of benzene rings is 9. The fourth-order valence-corrected chi connectivity index (χ4v) is 9.47. The third kappa shape index (κ3) is 7.69. The topological polar surface area (TPSA) is 30.2 Å². The van der Waals surface area contributed by atoms with E-state index in [1.807, 2.05) is 0 Å². The molecule has 0 radical (unpaired) electrons. The van der Waals surface area contributed by atoms with Crippen molar-refractivity contribution in [2.75, 3.05) is 0 Å². The van der Waals surface area contributed by atoms with Crippen LogP contribution in [0.3, 0.4) is 0 Å². The van der Waals surface area contributed by atoms with E-state index in [1.54, 1.807) is 0 Å². The van der Waals surface area contributed by atoms with Crippen LogP contribution in [0.4, 0.5) is 0 Å². The van der Waals surface area contributed by atoms with Gasteiger partial charge in [0.1, 0.15) is 5.69 Å². The van der Waals surface area contributed by atoms with E-state index in [0.29, 0.717) is 0 Å². The largest absolute Gasteiger partial charge is 0.248 e. The molecule has 0 fully saturated rings. The molecular weight excluding hydrogens is 811 g/mol. The second kappa shape index (κ2) is 17.2. The average molecular weight is 854 g/mol. The Morgan fingerprint density at radius 3 is 1.21 bits per heavy atom. The monoisotopic (exact) mass is 853 g/mol. The molecule has 0 saturated carbocycles. The van der Waals surface area contributed by atoms with Crippen LogP contribution in [0.25, 0.3) is 117 Å². The van der Waals surface area contributed by atoms with E-state index < -0.39 is 0 Å². The highest BCUT2D eigenvalue weighted by Gasteiger charge is 2.22. The van der Waals surface area contributed by atoms with Crippen LogP contribution in [0.2, 0.25) is 0 Å². The Kier molecular flexibility index (Phi) is 10.2. The maximum Gasteiger partial charge on any atom is 0.101 e. The molecule has 314 valence electrons. The Bertz CT molecular complexity index is 3610. The van der Waals surface area contributed by atoms with Gasteiger partial charge in [-0.3, -0.25) is 0 Å². The Labute approximate surface area is 390 Å². The summed E-state index contributed by atoms with van der Waals surface area (Å²) in [6, 6.07) is 93.0. The van der Waals surface area contributed by atoms with Gasteiger partial charge in [0.25, 0.3) is 0 Å². The molecule has 0 bridgehead atoms. The summed E-state index contributed by atoms with van der Waals surface area (Å²) in [7, 11) is 0. The predicted molar refractivity (Wildman–Crippen MR) is 279 cm³/mol. The van der Waals surface area contributed by atoms with Crippen molar-refractivity contribution in [2.24, 2.45) is 0 Å². The van der Waals surface area contributed by atoms with Crippen molar-refractivity contribution in [3.8, 4) is 101 Å². The van der Waals surface area contributed by atoms with E-state index in [0.717, 1.165) is 106 Å². The summed E-state index contributed by atoms with van der Waals surface area (Å²) in [6.45, 7) is 0. The standard InChI is InChI=1S/C64H43N3/c1-6-19-44(20-7-1)49-29-17-33-54(38-49)59-41-56(42-60(65-59)55-34-18-30-50(39-55)45-21-8-2-9-22-45)52-32-16-31-51(37-52)53-35-36-58-57(40-53)43-61(46-23-10-3-11-24-46)67-64(58)62(47-25-12-4-13-26-47)63(66-67)48-27-14-5-15-28-48/h1-43H. The number of hydrogen-bond acceptors (Lipinski definition) is 2. The molecule has 0 aliphatic heterocycles. The molecule has 0 N–H and O–H groups in total. The lowest BCUT2D eigenvalue weighted by Crippen LogP contribution is -1.96. The fraction of sp³-hybridized carbons (Fsp3) is 0. The quantitative estimate of drug-likeness (QED) is 0.145. The Hall–Kier alpha value is -8.92. The summed E-state index contributed by atoms with van der Waals surface area (Å²) in [5.41, 5.74) is 20.7. The van der Waals surface area contributed by atoms with Crippen LogP contribution in [0, 0.1) is 0 Å². The third-order valence-corrected chi connectivity index (χ3v) is 12.8. The van der Waals surface area contributed by atoms with Crippen LogP contribution < -0.4 is 0 Å². The van der Waals surface area contributed by atoms with Crippen LogP contribution in [-0.4, -0.2) is 14.6 Å². The van der Waals surface area contributed by atoms with Gasteiger partial charge in [0.2, 0.25) is 0 Å². The zero-order chi connectivity index (χ0) is 44.5. The van der Waals surface area contributed by atoms with Crippen LogP contribution in [0.5, 0.6) is 0 Å². The van der Waals surface area contributed by atoms with E-state index in [9.17, 15) is 0 Å². The van der Waals surface area contributed by atoms with Crippen molar-refractivity contribution in [2.45, 2.75) is 0 Å². The lowest BCUT2D eigenvalue weighted by Gasteiger charge is -2.14. The van der Waals surface area contributed by atoms with Gasteiger partial charge in [-0.1, -0.05) is 218 Å². The highest BCUT2D eigenvalue weighted by Crippen LogP contribution is 2.42. The lowest BCUT2D eigenvalue weighted by atomic mass is 9.93.